The number of nitrogens with one attached hydrogen (secondary N) is 1. The van der Waals surface area contributed by atoms with E-state index in [1.54, 1.807) is 0 Å². The standard InChI is InChI=1S/C18H23N3/c1-2-19-17-7-10-20-18(13-17)14-21-11-8-15-5-3-4-6-16(15)9-12-21/h3-7,10,13H,2,8-9,11-12,14H2,1H3,(H,19,20). The first-order chi connectivity index (χ1) is 10.3. The molecule has 1 aromatic heterocycles. The Labute approximate surface area is 127 Å². The summed E-state index contributed by atoms with van der Waals surface area (Å²) in [6.07, 6.45) is 4.19. The van der Waals surface area contributed by atoms with Gasteiger partial charge in [-0.2, -0.15) is 0 Å². The maximum atomic E-state index is 4.51. The van der Waals surface area contributed by atoms with E-state index < -0.39 is 0 Å². The molecule has 0 spiro atoms. The van der Waals surface area contributed by atoms with Gasteiger partial charge >= 0.3 is 0 Å². The van der Waals surface area contributed by atoms with Crippen LogP contribution in [0.2, 0.25) is 0 Å². The zero-order valence-electron chi connectivity index (χ0n) is 12.7. The van der Waals surface area contributed by atoms with Gasteiger partial charge in [0.1, 0.15) is 0 Å². The number of pyridine rings is 1. The fourth-order valence-electron chi connectivity index (χ4n) is 2.98. The molecule has 3 rings (SSSR count). The lowest BCUT2D eigenvalue weighted by molar-refractivity contribution is 0.276. The number of benzene rings is 1. The highest BCUT2D eigenvalue weighted by Crippen LogP contribution is 2.17. The van der Waals surface area contributed by atoms with Gasteiger partial charge in [0.05, 0.1) is 5.69 Å². The lowest BCUT2D eigenvalue weighted by Gasteiger charge is -2.19. The van der Waals surface area contributed by atoms with Crippen LogP contribution in [0.5, 0.6) is 0 Å². The van der Waals surface area contributed by atoms with Crippen molar-refractivity contribution in [2.75, 3.05) is 25.0 Å². The Bertz CT molecular complexity index is 568. The second-order valence-electron chi connectivity index (χ2n) is 5.61. The van der Waals surface area contributed by atoms with E-state index in [0.29, 0.717) is 0 Å². The van der Waals surface area contributed by atoms with Crippen molar-refractivity contribution in [3.63, 3.8) is 0 Å². The molecule has 0 amide bonds. The van der Waals surface area contributed by atoms with Gasteiger partial charge in [0.2, 0.25) is 0 Å². The zero-order chi connectivity index (χ0) is 14.5. The molecule has 0 bridgehead atoms. The zero-order valence-corrected chi connectivity index (χ0v) is 12.7. The first kappa shape index (κ1) is 14.1. The van der Waals surface area contributed by atoms with Crippen molar-refractivity contribution in [2.45, 2.75) is 26.3 Å². The van der Waals surface area contributed by atoms with E-state index in [1.165, 1.54) is 16.8 Å². The molecule has 0 saturated carbocycles. The first-order valence-electron chi connectivity index (χ1n) is 7.83. The predicted molar refractivity (Wildman–Crippen MR) is 87.5 cm³/mol. The van der Waals surface area contributed by atoms with Gasteiger partial charge in [-0.3, -0.25) is 9.88 Å². The molecule has 2 aromatic rings. The molecule has 0 fully saturated rings. The van der Waals surface area contributed by atoms with Crippen LogP contribution >= 0.6 is 0 Å². The Kier molecular flexibility index (Phi) is 4.51. The van der Waals surface area contributed by atoms with Crippen molar-refractivity contribution in [3.8, 4) is 0 Å². The Morgan fingerprint density at radius 3 is 2.48 bits per heavy atom. The number of hydrogen-bond acceptors (Lipinski definition) is 3. The maximum Gasteiger partial charge on any atom is 0.0564 e. The van der Waals surface area contributed by atoms with Gasteiger partial charge in [-0.1, -0.05) is 24.3 Å². The minimum Gasteiger partial charge on any atom is -0.385 e. The number of aromatic nitrogens is 1. The Morgan fingerprint density at radius 1 is 1.10 bits per heavy atom. The van der Waals surface area contributed by atoms with E-state index in [1.807, 2.05) is 12.3 Å². The number of fused-ring (bicyclic) bond motifs is 1. The molecule has 0 unspecified atom stereocenters. The molecule has 1 N–H and O–H groups in total. The fraction of sp³-hybridized carbons (Fsp3) is 0.389. The average Bonchev–Trinajstić information content (AvgIpc) is 2.71. The SMILES string of the molecule is CCNc1ccnc(CN2CCc3ccccc3CC2)c1. The summed E-state index contributed by atoms with van der Waals surface area (Å²) in [7, 11) is 0. The topological polar surface area (TPSA) is 28.2 Å². The number of anilines is 1. The molecule has 110 valence electrons. The molecule has 0 aliphatic carbocycles. The summed E-state index contributed by atoms with van der Waals surface area (Å²) in [5, 5.41) is 3.35. The Balaban J connectivity index is 1.65. The largest absolute Gasteiger partial charge is 0.385 e. The predicted octanol–water partition coefficient (Wildman–Crippen LogP) is 3.11. The van der Waals surface area contributed by atoms with Gasteiger partial charge < -0.3 is 5.32 Å². The van der Waals surface area contributed by atoms with Crippen LogP contribution in [0.25, 0.3) is 0 Å². The monoisotopic (exact) mass is 281 g/mol. The van der Waals surface area contributed by atoms with E-state index >= 15 is 0 Å². The van der Waals surface area contributed by atoms with Crippen molar-refractivity contribution < 1.29 is 0 Å². The molecule has 0 radical (unpaired) electrons. The number of hydrogen-bond donors (Lipinski definition) is 1. The van der Waals surface area contributed by atoms with Crippen molar-refractivity contribution in [3.05, 3.63) is 59.4 Å². The summed E-state index contributed by atoms with van der Waals surface area (Å²) in [5.41, 5.74) is 5.34. The Hall–Kier alpha value is -1.87. The number of nitrogens with zero attached hydrogens (tertiary/aromatic N) is 2. The number of rotatable bonds is 4. The van der Waals surface area contributed by atoms with Crippen LogP contribution in [0.4, 0.5) is 5.69 Å². The highest BCUT2D eigenvalue weighted by molar-refractivity contribution is 5.43. The molecule has 1 aliphatic heterocycles. The van der Waals surface area contributed by atoms with Gasteiger partial charge in [0, 0.05) is 38.1 Å². The lowest BCUT2D eigenvalue weighted by atomic mass is 10.0. The van der Waals surface area contributed by atoms with Crippen LogP contribution in [-0.2, 0) is 19.4 Å². The molecular formula is C18H23N3. The van der Waals surface area contributed by atoms with E-state index in [4.69, 9.17) is 0 Å². The molecule has 3 nitrogen and oxygen atoms in total. The highest BCUT2D eigenvalue weighted by atomic mass is 15.1. The summed E-state index contributed by atoms with van der Waals surface area (Å²) in [6, 6.07) is 13.0. The third-order valence-electron chi connectivity index (χ3n) is 4.10. The van der Waals surface area contributed by atoms with Gasteiger partial charge in [0.25, 0.3) is 0 Å². The van der Waals surface area contributed by atoms with Crippen molar-refractivity contribution in [1.29, 1.82) is 0 Å². The molecule has 0 saturated heterocycles. The third kappa shape index (κ3) is 3.61. The van der Waals surface area contributed by atoms with E-state index in [0.717, 1.165) is 44.7 Å². The minimum absolute atomic E-state index is 0.938. The van der Waals surface area contributed by atoms with Crippen LogP contribution in [-0.4, -0.2) is 29.5 Å². The smallest absolute Gasteiger partial charge is 0.0564 e. The summed E-state index contributed by atoms with van der Waals surface area (Å²) >= 11 is 0. The summed E-state index contributed by atoms with van der Waals surface area (Å²) in [6.45, 7) is 6.23. The van der Waals surface area contributed by atoms with Crippen LogP contribution in [0.15, 0.2) is 42.6 Å². The van der Waals surface area contributed by atoms with E-state index in [9.17, 15) is 0 Å². The quantitative estimate of drug-likeness (QED) is 0.933. The van der Waals surface area contributed by atoms with Crippen LogP contribution in [0.1, 0.15) is 23.7 Å². The van der Waals surface area contributed by atoms with Crippen molar-refractivity contribution in [1.82, 2.24) is 9.88 Å². The van der Waals surface area contributed by atoms with Gasteiger partial charge in [0.15, 0.2) is 0 Å². The molecule has 2 heterocycles. The molecule has 3 heteroatoms. The molecule has 1 aliphatic rings. The first-order valence-corrected chi connectivity index (χ1v) is 7.83. The summed E-state index contributed by atoms with van der Waals surface area (Å²) in [4.78, 5) is 7.03. The van der Waals surface area contributed by atoms with E-state index in [-0.39, 0.29) is 0 Å². The van der Waals surface area contributed by atoms with Gasteiger partial charge in [-0.25, -0.2) is 0 Å². The van der Waals surface area contributed by atoms with Crippen LogP contribution < -0.4 is 5.32 Å². The van der Waals surface area contributed by atoms with Gasteiger partial charge in [-0.15, -0.1) is 0 Å². The summed E-state index contributed by atoms with van der Waals surface area (Å²) < 4.78 is 0. The second-order valence-corrected chi connectivity index (χ2v) is 5.61. The van der Waals surface area contributed by atoms with Crippen molar-refractivity contribution >= 4 is 5.69 Å². The summed E-state index contributed by atoms with van der Waals surface area (Å²) in [5.74, 6) is 0. The third-order valence-corrected chi connectivity index (χ3v) is 4.10. The van der Waals surface area contributed by atoms with E-state index in [2.05, 4.69) is 52.5 Å². The lowest BCUT2D eigenvalue weighted by Crippen LogP contribution is -2.26. The average molecular weight is 281 g/mol. The normalized spacial score (nSPS) is 15.3. The van der Waals surface area contributed by atoms with Crippen LogP contribution in [0.3, 0.4) is 0 Å². The molecule has 1 aromatic carbocycles. The fourth-order valence-corrected chi connectivity index (χ4v) is 2.98. The minimum atomic E-state index is 0.938. The van der Waals surface area contributed by atoms with Crippen molar-refractivity contribution in [2.24, 2.45) is 0 Å². The van der Waals surface area contributed by atoms with Crippen LogP contribution in [0, 0.1) is 0 Å². The molecular weight excluding hydrogens is 258 g/mol. The maximum absolute atomic E-state index is 4.51. The second kappa shape index (κ2) is 6.72. The molecule has 21 heavy (non-hydrogen) atoms. The Morgan fingerprint density at radius 2 is 1.81 bits per heavy atom. The van der Waals surface area contributed by atoms with Gasteiger partial charge in [-0.05, 0) is 43.0 Å². The highest BCUT2D eigenvalue weighted by Gasteiger charge is 2.14. The molecule has 0 atom stereocenters.